The van der Waals surface area contributed by atoms with Crippen LogP contribution in [0.15, 0.2) is 0 Å². The number of halogens is 2. The zero-order valence-corrected chi connectivity index (χ0v) is 13.2. The summed E-state index contributed by atoms with van der Waals surface area (Å²) in [6.07, 6.45) is -2.09. The van der Waals surface area contributed by atoms with E-state index in [9.17, 15) is 18.7 Å². The number of alkyl halides is 2. The van der Waals surface area contributed by atoms with Crippen molar-refractivity contribution in [3.8, 4) is 0 Å². The minimum Gasteiger partial charge on any atom is -0.444 e. The van der Waals surface area contributed by atoms with Gasteiger partial charge in [-0.1, -0.05) is 0 Å². The summed E-state index contributed by atoms with van der Waals surface area (Å²) in [5.74, 6) is 0. The first-order valence-corrected chi connectivity index (χ1v) is 7.18. The summed E-state index contributed by atoms with van der Waals surface area (Å²) in [6, 6.07) is 0. The van der Waals surface area contributed by atoms with Crippen LogP contribution in [-0.2, 0) is 4.74 Å². The number of carbonyl (C=O) groups is 1. The quantitative estimate of drug-likeness (QED) is 0.862. The average Bonchev–Trinajstić information content (AvgIpc) is 2.25. The molecule has 0 saturated carbocycles. The number of likely N-dealkylation sites (N-methyl/N-ethyl adjacent to an activating group) is 1. The molecule has 0 aliphatic carbocycles. The lowest BCUT2D eigenvalue weighted by Crippen LogP contribution is -2.52. The lowest BCUT2D eigenvalue weighted by Gasteiger charge is -2.40. The van der Waals surface area contributed by atoms with Gasteiger partial charge in [0, 0.05) is 19.6 Å². The molecule has 0 bridgehead atoms. The first-order valence-electron chi connectivity index (χ1n) is 7.18. The van der Waals surface area contributed by atoms with Gasteiger partial charge in [-0.05, 0) is 40.7 Å². The molecule has 21 heavy (non-hydrogen) atoms. The van der Waals surface area contributed by atoms with Crippen molar-refractivity contribution >= 4 is 6.09 Å². The van der Waals surface area contributed by atoms with Crippen molar-refractivity contribution in [2.75, 3.05) is 33.2 Å². The second-order valence-corrected chi connectivity index (χ2v) is 6.78. The maximum atomic E-state index is 12.3. The maximum Gasteiger partial charge on any atom is 0.410 e. The Balaban J connectivity index is 2.45. The third kappa shape index (κ3) is 6.56. The molecule has 1 saturated heterocycles. The number of piperidine rings is 1. The number of nitrogens with zero attached hydrogens (tertiary/aromatic N) is 2. The van der Waals surface area contributed by atoms with Gasteiger partial charge >= 0.3 is 6.09 Å². The van der Waals surface area contributed by atoms with Gasteiger partial charge in [0.25, 0.3) is 6.43 Å². The summed E-state index contributed by atoms with van der Waals surface area (Å²) in [5.41, 5.74) is -1.58. The van der Waals surface area contributed by atoms with Crippen molar-refractivity contribution in [1.82, 2.24) is 9.80 Å². The molecule has 1 fully saturated rings. The highest BCUT2D eigenvalue weighted by Gasteiger charge is 2.36. The summed E-state index contributed by atoms with van der Waals surface area (Å²) in [4.78, 5) is 14.9. The molecule has 0 atom stereocenters. The summed E-state index contributed by atoms with van der Waals surface area (Å²) in [7, 11) is 1.56. The van der Waals surface area contributed by atoms with Crippen LogP contribution < -0.4 is 0 Å². The molecule has 0 unspecified atom stereocenters. The van der Waals surface area contributed by atoms with Crippen LogP contribution in [0.4, 0.5) is 13.6 Å². The Morgan fingerprint density at radius 1 is 1.38 bits per heavy atom. The van der Waals surface area contributed by atoms with Crippen LogP contribution >= 0.6 is 0 Å². The molecule has 1 rings (SSSR count). The first-order chi connectivity index (χ1) is 9.51. The van der Waals surface area contributed by atoms with Crippen LogP contribution in [0.1, 0.15) is 33.6 Å². The molecule has 0 aromatic rings. The topological polar surface area (TPSA) is 53.0 Å². The number of hydrogen-bond donors (Lipinski definition) is 1. The van der Waals surface area contributed by atoms with Crippen LogP contribution in [0, 0.1) is 0 Å². The second kappa shape index (κ2) is 6.87. The summed E-state index contributed by atoms with van der Waals surface area (Å²) >= 11 is 0. The van der Waals surface area contributed by atoms with E-state index in [1.165, 1.54) is 4.90 Å². The number of aliphatic hydroxyl groups is 1. The Bertz CT molecular complexity index is 351. The minimum atomic E-state index is -2.42. The molecular formula is C14H26F2N2O3. The molecule has 0 aromatic heterocycles. The highest BCUT2D eigenvalue weighted by Crippen LogP contribution is 2.24. The molecule has 1 aliphatic heterocycles. The maximum absolute atomic E-state index is 12.3. The lowest BCUT2D eigenvalue weighted by atomic mass is 9.91. The number of ether oxygens (including phenoxy) is 1. The lowest BCUT2D eigenvalue weighted by molar-refractivity contribution is -0.0521. The summed E-state index contributed by atoms with van der Waals surface area (Å²) in [5, 5.41) is 10.4. The molecule has 0 aromatic carbocycles. The molecule has 7 heteroatoms. The fourth-order valence-corrected chi connectivity index (χ4v) is 2.39. The second-order valence-electron chi connectivity index (χ2n) is 6.78. The van der Waals surface area contributed by atoms with Crippen LogP contribution in [0.25, 0.3) is 0 Å². The number of hydrogen-bond acceptors (Lipinski definition) is 4. The van der Waals surface area contributed by atoms with Gasteiger partial charge in [0.05, 0.1) is 12.1 Å². The van der Waals surface area contributed by atoms with E-state index in [2.05, 4.69) is 0 Å². The number of carbonyl (C=O) groups excluding carboxylic acids is 1. The molecule has 5 nitrogen and oxygen atoms in total. The van der Waals surface area contributed by atoms with Crippen LogP contribution in [0.3, 0.4) is 0 Å². The average molecular weight is 308 g/mol. The van der Waals surface area contributed by atoms with Crippen molar-refractivity contribution in [2.24, 2.45) is 0 Å². The van der Waals surface area contributed by atoms with Gasteiger partial charge in [0.1, 0.15) is 5.60 Å². The summed E-state index contributed by atoms with van der Waals surface area (Å²) in [6.45, 7) is 5.94. The molecule has 0 spiro atoms. The summed E-state index contributed by atoms with van der Waals surface area (Å²) < 4.78 is 29.9. The van der Waals surface area contributed by atoms with Crippen molar-refractivity contribution in [3.63, 3.8) is 0 Å². The van der Waals surface area contributed by atoms with E-state index in [1.807, 2.05) is 0 Å². The third-order valence-electron chi connectivity index (χ3n) is 3.36. The molecular weight excluding hydrogens is 282 g/mol. The first kappa shape index (κ1) is 18.1. The van der Waals surface area contributed by atoms with Crippen molar-refractivity contribution < 1.29 is 23.4 Å². The largest absolute Gasteiger partial charge is 0.444 e. The van der Waals surface area contributed by atoms with E-state index >= 15 is 0 Å². The Morgan fingerprint density at radius 3 is 2.33 bits per heavy atom. The fraction of sp³-hybridized carbons (Fsp3) is 0.929. The van der Waals surface area contributed by atoms with Gasteiger partial charge < -0.3 is 14.7 Å². The molecule has 1 N–H and O–H groups in total. The van der Waals surface area contributed by atoms with Gasteiger partial charge in [-0.15, -0.1) is 0 Å². The van der Waals surface area contributed by atoms with E-state index in [4.69, 9.17) is 4.74 Å². The minimum absolute atomic E-state index is 0.180. The third-order valence-corrected chi connectivity index (χ3v) is 3.36. The van der Waals surface area contributed by atoms with E-state index in [1.54, 1.807) is 32.7 Å². The number of likely N-dealkylation sites (tertiary alicyclic amines) is 1. The van der Waals surface area contributed by atoms with E-state index in [-0.39, 0.29) is 13.1 Å². The van der Waals surface area contributed by atoms with E-state index in [0.717, 1.165) is 0 Å². The van der Waals surface area contributed by atoms with Crippen molar-refractivity contribution in [1.29, 1.82) is 0 Å². The molecule has 0 radical (unpaired) electrons. The van der Waals surface area contributed by atoms with Gasteiger partial charge in [0.15, 0.2) is 0 Å². The Kier molecular flexibility index (Phi) is 5.92. The standard InChI is InChI=1S/C14H26F2N2O3/c1-13(2,3)21-12(19)18-7-5-14(20,6-8-18)10-17(4)9-11(15)16/h11,20H,5-10H2,1-4H3. The van der Waals surface area contributed by atoms with Gasteiger partial charge in [-0.3, -0.25) is 4.90 Å². The predicted molar refractivity (Wildman–Crippen MR) is 75.5 cm³/mol. The van der Waals surface area contributed by atoms with E-state index in [0.29, 0.717) is 25.9 Å². The smallest absolute Gasteiger partial charge is 0.410 e. The van der Waals surface area contributed by atoms with Crippen LogP contribution in [0.5, 0.6) is 0 Å². The fourth-order valence-electron chi connectivity index (χ4n) is 2.39. The van der Waals surface area contributed by atoms with Gasteiger partial charge in [0.2, 0.25) is 0 Å². The monoisotopic (exact) mass is 308 g/mol. The Labute approximate surface area is 124 Å². The normalized spacial score (nSPS) is 19.2. The molecule has 124 valence electrons. The zero-order valence-electron chi connectivity index (χ0n) is 13.2. The van der Waals surface area contributed by atoms with Crippen molar-refractivity contribution in [2.45, 2.75) is 51.2 Å². The number of amides is 1. The van der Waals surface area contributed by atoms with Crippen LogP contribution in [0.2, 0.25) is 0 Å². The van der Waals surface area contributed by atoms with Gasteiger partial charge in [-0.2, -0.15) is 0 Å². The molecule has 1 aliphatic rings. The van der Waals surface area contributed by atoms with Gasteiger partial charge in [-0.25, -0.2) is 13.6 Å². The Hall–Kier alpha value is -0.950. The SMILES string of the molecule is CN(CC(F)F)CC1(O)CCN(C(=O)OC(C)(C)C)CC1. The number of rotatable bonds is 4. The predicted octanol–water partition coefficient (Wildman–Crippen LogP) is 1.95. The Morgan fingerprint density at radius 2 is 1.90 bits per heavy atom. The van der Waals surface area contributed by atoms with E-state index < -0.39 is 23.7 Å². The zero-order chi connectivity index (χ0) is 16.3. The molecule has 1 heterocycles. The highest BCUT2D eigenvalue weighted by molar-refractivity contribution is 5.68. The van der Waals surface area contributed by atoms with Crippen LogP contribution in [-0.4, -0.2) is 71.9 Å². The highest BCUT2D eigenvalue weighted by atomic mass is 19.3. The molecule has 1 amide bonds. The van der Waals surface area contributed by atoms with Crippen molar-refractivity contribution in [3.05, 3.63) is 0 Å².